The van der Waals surface area contributed by atoms with Crippen molar-refractivity contribution in [1.29, 1.82) is 0 Å². The lowest BCUT2D eigenvalue weighted by atomic mass is 10.1. The number of carbonyl (C=O) groups excluding carboxylic acids is 1. The molecule has 0 spiro atoms. The van der Waals surface area contributed by atoms with Crippen LogP contribution in [0, 0.1) is 0 Å². The van der Waals surface area contributed by atoms with Crippen LogP contribution in [-0.2, 0) is 16.1 Å². The van der Waals surface area contributed by atoms with Gasteiger partial charge in [0.05, 0.1) is 18.7 Å². The first-order valence-electron chi connectivity index (χ1n) is 7.71. The smallest absolute Gasteiger partial charge is 0.222 e. The zero-order valence-electron chi connectivity index (χ0n) is 11.9. The highest BCUT2D eigenvalue weighted by molar-refractivity contribution is 5.76. The first-order chi connectivity index (χ1) is 9.83. The van der Waals surface area contributed by atoms with Crippen LogP contribution >= 0.6 is 0 Å². The Morgan fingerprint density at radius 1 is 1.35 bits per heavy atom. The van der Waals surface area contributed by atoms with E-state index in [-0.39, 0.29) is 5.91 Å². The van der Waals surface area contributed by atoms with Crippen molar-refractivity contribution in [2.24, 2.45) is 0 Å². The molecule has 5 nitrogen and oxygen atoms in total. The Morgan fingerprint density at radius 2 is 2.30 bits per heavy atom. The minimum Gasteiger partial charge on any atom is -0.378 e. The van der Waals surface area contributed by atoms with Crippen LogP contribution in [-0.4, -0.2) is 45.9 Å². The van der Waals surface area contributed by atoms with Crippen LogP contribution in [0.3, 0.4) is 0 Å². The summed E-state index contributed by atoms with van der Waals surface area (Å²) in [5.41, 5.74) is 0. The summed E-state index contributed by atoms with van der Waals surface area (Å²) < 4.78 is 7.52. The lowest BCUT2D eigenvalue weighted by Crippen LogP contribution is -2.38. The molecular weight excluding hydrogens is 254 g/mol. The van der Waals surface area contributed by atoms with Crippen LogP contribution < -0.4 is 0 Å². The Bertz CT molecular complexity index is 426. The number of carbonyl (C=O) groups is 1. The van der Waals surface area contributed by atoms with E-state index in [1.165, 1.54) is 0 Å². The van der Waals surface area contributed by atoms with Crippen molar-refractivity contribution in [1.82, 2.24) is 14.7 Å². The molecule has 0 aliphatic carbocycles. The van der Waals surface area contributed by atoms with E-state index in [0.717, 1.165) is 51.8 Å². The monoisotopic (exact) mass is 277 g/mol. The van der Waals surface area contributed by atoms with Gasteiger partial charge in [0.1, 0.15) is 0 Å². The van der Waals surface area contributed by atoms with Crippen molar-refractivity contribution in [3.63, 3.8) is 0 Å². The van der Waals surface area contributed by atoms with E-state index in [9.17, 15) is 4.79 Å². The van der Waals surface area contributed by atoms with Crippen LogP contribution in [0.4, 0.5) is 0 Å². The molecule has 2 fully saturated rings. The molecule has 0 bridgehead atoms. The van der Waals surface area contributed by atoms with Gasteiger partial charge in [-0.25, -0.2) is 0 Å². The van der Waals surface area contributed by atoms with E-state index in [4.69, 9.17) is 4.74 Å². The zero-order valence-corrected chi connectivity index (χ0v) is 11.9. The SMILES string of the molecule is O=C(CC[C@H]1CCCO1)N1CCC[C@@H]1Cn1cccn1. The summed E-state index contributed by atoms with van der Waals surface area (Å²) in [5, 5.41) is 4.24. The fourth-order valence-corrected chi connectivity index (χ4v) is 3.28. The van der Waals surface area contributed by atoms with E-state index in [1.54, 1.807) is 6.20 Å². The average Bonchev–Trinajstić information content (AvgIpc) is 3.19. The van der Waals surface area contributed by atoms with Gasteiger partial charge in [-0.05, 0) is 38.2 Å². The maximum atomic E-state index is 12.4. The van der Waals surface area contributed by atoms with E-state index in [0.29, 0.717) is 18.6 Å². The number of amides is 1. The lowest BCUT2D eigenvalue weighted by Gasteiger charge is -2.25. The van der Waals surface area contributed by atoms with Gasteiger partial charge in [-0.3, -0.25) is 9.48 Å². The molecule has 0 aromatic carbocycles. The third-order valence-corrected chi connectivity index (χ3v) is 4.36. The van der Waals surface area contributed by atoms with E-state index < -0.39 is 0 Å². The van der Waals surface area contributed by atoms with Crippen molar-refractivity contribution in [2.45, 2.75) is 57.2 Å². The third-order valence-electron chi connectivity index (χ3n) is 4.36. The van der Waals surface area contributed by atoms with Gasteiger partial charge >= 0.3 is 0 Å². The van der Waals surface area contributed by atoms with Crippen LogP contribution in [0.25, 0.3) is 0 Å². The van der Waals surface area contributed by atoms with Gasteiger partial charge in [0.15, 0.2) is 0 Å². The summed E-state index contributed by atoms with van der Waals surface area (Å²) in [4.78, 5) is 14.4. The summed E-state index contributed by atoms with van der Waals surface area (Å²) >= 11 is 0. The molecule has 0 unspecified atom stereocenters. The fourth-order valence-electron chi connectivity index (χ4n) is 3.28. The predicted octanol–water partition coefficient (Wildman–Crippen LogP) is 1.83. The number of rotatable bonds is 5. The Morgan fingerprint density at radius 3 is 3.05 bits per heavy atom. The predicted molar refractivity (Wildman–Crippen MR) is 75.2 cm³/mol. The zero-order chi connectivity index (χ0) is 13.8. The average molecular weight is 277 g/mol. The second-order valence-corrected chi connectivity index (χ2v) is 5.78. The molecular formula is C15H23N3O2. The molecule has 110 valence electrons. The van der Waals surface area contributed by atoms with Gasteiger partial charge in [-0.1, -0.05) is 0 Å². The Kier molecular flexibility index (Phi) is 4.35. The first kappa shape index (κ1) is 13.6. The maximum absolute atomic E-state index is 12.4. The molecule has 1 aromatic heterocycles. The molecule has 0 radical (unpaired) electrons. The van der Waals surface area contributed by atoms with Crippen molar-refractivity contribution in [3.05, 3.63) is 18.5 Å². The first-order valence-corrected chi connectivity index (χ1v) is 7.71. The summed E-state index contributed by atoms with van der Waals surface area (Å²) in [6.07, 6.45) is 10.0. The quantitative estimate of drug-likeness (QED) is 0.825. The van der Waals surface area contributed by atoms with Crippen LogP contribution in [0.15, 0.2) is 18.5 Å². The van der Waals surface area contributed by atoms with Gasteiger partial charge in [-0.2, -0.15) is 5.10 Å². The number of likely N-dealkylation sites (tertiary alicyclic amines) is 1. The Hall–Kier alpha value is -1.36. The van der Waals surface area contributed by atoms with Crippen molar-refractivity contribution in [3.8, 4) is 0 Å². The number of aromatic nitrogens is 2. The van der Waals surface area contributed by atoms with E-state index in [2.05, 4.69) is 10.00 Å². The lowest BCUT2D eigenvalue weighted by molar-refractivity contribution is -0.132. The maximum Gasteiger partial charge on any atom is 0.222 e. The van der Waals surface area contributed by atoms with Gasteiger partial charge in [0.2, 0.25) is 5.91 Å². The largest absolute Gasteiger partial charge is 0.378 e. The molecule has 0 N–H and O–H groups in total. The summed E-state index contributed by atoms with van der Waals surface area (Å²) in [6.45, 7) is 2.58. The Balaban J connectivity index is 1.50. The minimum atomic E-state index is 0.287. The molecule has 1 amide bonds. The molecule has 1 aromatic rings. The standard InChI is InChI=1S/C15H23N3O2/c19-15(7-6-14-5-2-11-20-14)18-10-1-4-13(18)12-17-9-3-8-16-17/h3,8-9,13-14H,1-2,4-7,10-12H2/t13-,14-/m1/s1. The molecule has 2 atom stereocenters. The highest BCUT2D eigenvalue weighted by atomic mass is 16.5. The minimum absolute atomic E-state index is 0.287. The number of nitrogens with zero attached hydrogens (tertiary/aromatic N) is 3. The number of hydrogen-bond acceptors (Lipinski definition) is 3. The molecule has 20 heavy (non-hydrogen) atoms. The molecule has 2 aliphatic heterocycles. The molecule has 3 rings (SSSR count). The van der Waals surface area contributed by atoms with Gasteiger partial charge in [0, 0.05) is 32.0 Å². The van der Waals surface area contributed by atoms with Crippen LogP contribution in [0.2, 0.25) is 0 Å². The highest BCUT2D eigenvalue weighted by Crippen LogP contribution is 2.22. The van der Waals surface area contributed by atoms with Gasteiger partial charge < -0.3 is 9.64 Å². The second-order valence-electron chi connectivity index (χ2n) is 5.78. The second kappa shape index (κ2) is 6.39. The Labute approximate surface area is 119 Å². The third kappa shape index (κ3) is 3.20. The number of ether oxygens (including phenoxy) is 1. The normalized spacial score (nSPS) is 26.3. The number of hydrogen-bond donors (Lipinski definition) is 0. The molecule has 2 saturated heterocycles. The van der Waals surface area contributed by atoms with E-state index >= 15 is 0 Å². The summed E-state index contributed by atoms with van der Waals surface area (Å²) in [7, 11) is 0. The molecule has 0 saturated carbocycles. The molecule has 2 aliphatic rings. The van der Waals surface area contributed by atoms with Crippen molar-refractivity contribution < 1.29 is 9.53 Å². The van der Waals surface area contributed by atoms with E-state index in [1.807, 2.05) is 16.9 Å². The topological polar surface area (TPSA) is 47.4 Å². The van der Waals surface area contributed by atoms with Crippen molar-refractivity contribution >= 4 is 5.91 Å². The molecule has 3 heterocycles. The van der Waals surface area contributed by atoms with Crippen LogP contribution in [0.1, 0.15) is 38.5 Å². The molecule has 5 heteroatoms. The summed E-state index contributed by atoms with van der Waals surface area (Å²) in [5.74, 6) is 0.287. The summed E-state index contributed by atoms with van der Waals surface area (Å²) in [6, 6.07) is 2.24. The fraction of sp³-hybridized carbons (Fsp3) is 0.733. The van der Waals surface area contributed by atoms with Crippen molar-refractivity contribution in [2.75, 3.05) is 13.2 Å². The van der Waals surface area contributed by atoms with Gasteiger partial charge in [-0.15, -0.1) is 0 Å². The van der Waals surface area contributed by atoms with Gasteiger partial charge in [0.25, 0.3) is 0 Å². The highest BCUT2D eigenvalue weighted by Gasteiger charge is 2.29. The van der Waals surface area contributed by atoms with Crippen LogP contribution in [0.5, 0.6) is 0 Å².